The second-order valence-corrected chi connectivity index (χ2v) is 29.9. The van der Waals surface area contributed by atoms with E-state index < -0.39 is 97.5 Å². The standard InChI is InChI=1S/C77H146O17P2/c1-5-9-13-17-21-25-29-33-35-39-42-46-50-54-58-62-75(80)88-68-73(94-77(82)64-60-56-52-48-44-40-36-34-30-26-22-18-14-10-6-2)70-92-96(85,86)90-66-71(78)65-89-95(83,84)91-69-72(93-76(81)63-59-55-51-47-43-38-32-28-24-20-16-12-8-4)67-87-74(79)61-57-53-49-45-41-37-31-27-23-19-15-11-7-3/h33-36,71-73,78H,5-32,37-70H2,1-4H3,(H,83,84)(H,85,86)/b35-33-,36-34-. The number of aliphatic hydroxyl groups excluding tert-OH is 1. The molecule has 0 aromatic carbocycles. The minimum Gasteiger partial charge on any atom is -0.462 e. The highest BCUT2D eigenvalue weighted by atomic mass is 31.2. The third-order valence-corrected chi connectivity index (χ3v) is 19.3. The van der Waals surface area contributed by atoms with Crippen LogP contribution in [0.25, 0.3) is 0 Å². The summed E-state index contributed by atoms with van der Waals surface area (Å²) in [5.41, 5.74) is 0. The third-order valence-electron chi connectivity index (χ3n) is 17.4. The molecule has 0 spiro atoms. The molecule has 17 nitrogen and oxygen atoms in total. The van der Waals surface area contributed by atoms with E-state index in [1.165, 1.54) is 186 Å². The van der Waals surface area contributed by atoms with E-state index in [0.29, 0.717) is 25.7 Å². The molecule has 0 aliphatic heterocycles. The average molecular weight is 1410 g/mol. The lowest BCUT2D eigenvalue weighted by atomic mass is 10.0. The van der Waals surface area contributed by atoms with Gasteiger partial charge in [0.05, 0.1) is 26.4 Å². The van der Waals surface area contributed by atoms with Gasteiger partial charge in [-0.15, -0.1) is 0 Å². The monoisotopic (exact) mass is 1410 g/mol. The second kappa shape index (κ2) is 71.0. The van der Waals surface area contributed by atoms with Crippen LogP contribution in [0.3, 0.4) is 0 Å². The predicted molar refractivity (Wildman–Crippen MR) is 391 cm³/mol. The van der Waals surface area contributed by atoms with Crippen molar-refractivity contribution >= 4 is 39.5 Å². The average Bonchev–Trinajstić information content (AvgIpc) is 1.36. The first-order valence-corrected chi connectivity index (χ1v) is 42.6. The highest BCUT2D eigenvalue weighted by Crippen LogP contribution is 2.45. The maximum Gasteiger partial charge on any atom is 0.472 e. The summed E-state index contributed by atoms with van der Waals surface area (Å²) in [7, 11) is -9.92. The Labute approximate surface area is 586 Å². The summed E-state index contributed by atoms with van der Waals surface area (Å²) in [6.07, 6.45) is 64.4. The molecule has 566 valence electrons. The fourth-order valence-electron chi connectivity index (χ4n) is 11.3. The Bertz CT molecular complexity index is 1920. The highest BCUT2D eigenvalue weighted by molar-refractivity contribution is 7.47. The van der Waals surface area contributed by atoms with Crippen LogP contribution in [0.2, 0.25) is 0 Å². The number of aliphatic hydroxyl groups is 1. The number of esters is 4. The van der Waals surface area contributed by atoms with E-state index in [0.717, 1.165) is 122 Å². The number of phosphoric acid groups is 2. The first-order chi connectivity index (χ1) is 46.7. The molecule has 0 radical (unpaired) electrons. The number of phosphoric ester groups is 2. The van der Waals surface area contributed by atoms with Crippen molar-refractivity contribution in [1.82, 2.24) is 0 Å². The number of ether oxygens (including phenoxy) is 4. The SMILES string of the molecule is CCCCCCCC/C=C\CCCCCCCC(=O)OCC(COP(=O)(O)OCC(O)COP(=O)(O)OCC(COC(=O)CCCCCCCCCCCCCCC)OC(=O)CCCCCCCCCCCCCCC)OC(=O)CCCCCCC/C=C\CCCCCCCC. The van der Waals surface area contributed by atoms with Gasteiger partial charge in [-0.2, -0.15) is 0 Å². The molecule has 96 heavy (non-hydrogen) atoms. The van der Waals surface area contributed by atoms with Gasteiger partial charge in [0, 0.05) is 25.7 Å². The zero-order valence-corrected chi connectivity index (χ0v) is 63.6. The van der Waals surface area contributed by atoms with Crippen molar-refractivity contribution in [1.29, 1.82) is 0 Å². The Morgan fingerprint density at radius 1 is 0.281 bits per heavy atom. The molecular formula is C77H146O17P2. The molecular weight excluding hydrogens is 1260 g/mol. The van der Waals surface area contributed by atoms with Gasteiger partial charge in [0.2, 0.25) is 0 Å². The van der Waals surface area contributed by atoms with Gasteiger partial charge < -0.3 is 33.8 Å². The van der Waals surface area contributed by atoms with E-state index in [2.05, 4.69) is 52.0 Å². The second-order valence-electron chi connectivity index (χ2n) is 27.0. The Balaban J connectivity index is 5.30. The highest BCUT2D eigenvalue weighted by Gasteiger charge is 2.30. The molecule has 5 unspecified atom stereocenters. The number of unbranched alkanes of at least 4 members (excludes halogenated alkanes) is 46. The Hall–Kier alpha value is -2.46. The van der Waals surface area contributed by atoms with Crippen LogP contribution in [0.1, 0.15) is 387 Å². The fourth-order valence-corrected chi connectivity index (χ4v) is 12.9. The molecule has 5 atom stereocenters. The summed E-state index contributed by atoms with van der Waals surface area (Å²) in [5, 5.41) is 10.6. The van der Waals surface area contributed by atoms with Gasteiger partial charge in [-0.3, -0.25) is 37.3 Å². The van der Waals surface area contributed by atoms with Crippen molar-refractivity contribution in [2.24, 2.45) is 0 Å². The van der Waals surface area contributed by atoms with Crippen LogP contribution < -0.4 is 0 Å². The van der Waals surface area contributed by atoms with Crippen LogP contribution in [-0.4, -0.2) is 96.7 Å². The van der Waals surface area contributed by atoms with Crippen LogP contribution >= 0.6 is 15.6 Å². The molecule has 0 amide bonds. The molecule has 0 saturated heterocycles. The smallest absolute Gasteiger partial charge is 0.462 e. The lowest BCUT2D eigenvalue weighted by Crippen LogP contribution is -2.30. The van der Waals surface area contributed by atoms with Gasteiger partial charge >= 0.3 is 39.5 Å². The van der Waals surface area contributed by atoms with Gasteiger partial charge in [0.25, 0.3) is 0 Å². The Kier molecular flexibility index (Phi) is 69.1. The van der Waals surface area contributed by atoms with Gasteiger partial charge in [0.15, 0.2) is 12.2 Å². The van der Waals surface area contributed by atoms with Crippen LogP contribution in [0.4, 0.5) is 0 Å². The van der Waals surface area contributed by atoms with Crippen molar-refractivity contribution in [3.8, 4) is 0 Å². The number of hydrogen-bond donors (Lipinski definition) is 3. The maximum absolute atomic E-state index is 13.1. The van der Waals surface area contributed by atoms with E-state index in [1.807, 2.05) is 0 Å². The molecule has 0 aromatic heterocycles. The van der Waals surface area contributed by atoms with E-state index in [9.17, 15) is 43.2 Å². The van der Waals surface area contributed by atoms with E-state index >= 15 is 0 Å². The van der Waals surface area contributed by atoms with E-state index in [1.54, 1.807) is 0 Å². The summed E-state index contributed by atoms with van der Waals surface area (Å²) in [6.45, 7) is 4.94. The van der Waals surface area contributed by atoms with Crippen LogP contribution in [0.5, 0.6) is 0 Å². The van der Waals surface area contributed by atoms with Gasteiger partial charge in [0.1, 0.15) is 19.3 Å². The first kappa shape index (κ1) is 93.5. The lowest BCUT2D eigenvalue weighted by molar-refractivity contribution is -0.161. The Morgan fingerprint density at radius 3 is 0.719 bits per heavy atom. The number of carbonyl (C=O) groups is 4. The zero-order chi connectivity index (χ0) is 70.4. The molecule has 19 heteroatoms. The molecule has 3 N–H and O–H groups in total. The topological polar surface area (TPSA) is 237 Å². The van der Waals surface area contributed by atoms with Crippen molar-refractivity contribution in [2.75, 3.05) is 39.6 Å². The number of allylic oxidation sites excluding steroid dienone is 4. The van der Waals surface area contributed by atoms with Crippen molar-refractivity contribution in [3.05, 3.63) is 24.3 Å². The fraction of sp³-hybridized carbons (Fsp3) is 0.896. The minimum absolute atomic E-state index is 0.0911. The molecule has 0 aliphatic carbocycles. The largest absolute Gasteiger partial charge is 0.472 e. The predicted octanol–water partition coefficient (Wildman–Crippen LogP) is 22.6. The summed E-state index contributed by atoms with van der Waals surface area (Å²) in [5.74, 6) is -2.14. The van der Waals surface area contributed by atoms with Crippen molar-refractivity contribution in [3.63, 3.8) is 0 Å². The third kappa shape index (κ3) is 70.0. The van der Waals surface area contributed by atoms with Crippen LogP contribution in [0.15, 0.2) is 24.3 Å². The number of hydrogen-bond acceptors (Lipinski definition) is 15. The molecule has 0 aromatic rings. The van der Waals surface area contributed by atoms with Crippen molar-refractivity contribution in [2.45, 2.75) is 406 Å². The Morgan fingerprint density at radius 2 is 0.479 bits per heavy atom. The van der Waals surface area contributed by atoms with Crippen LogP contribution in [-0.2, 0) is 65.4 Å². The van der Waals surface area contributed by atoms with Crippen molar-refractivity contribution < 1.29 is 80.2 Å². The summed E-state index contributed by atoms with van der Waals surface area (Å²) in [4.78, 5) is 72.9. The van der Waals surface area contributed by atoms with E-state index in [-0.39, 0.29) is 25.7 Å². The van der Waals surface area contributed by atoms with Gasteiger partial charge in [-0.1, -0.05) is 309 Å². The summed E-state index contributed by atoms with van der Waals surface area (Å²) in [6, 6.07) is 0. The first-order valence-electron chi connectivity index (χ1n) is 39.6. The zero-order valence-electron chi connectivity index (χ0n) is 61.8. The molecule has 0 saturated carbocycles. The molecule has 0 heterocycles. The normalized spacial score (nSPS) is 14.0. The number of carbonyl (C=O) groups excluding carboxylic acids is 4. The lowest BCUT2D eigenvalue weighted by Gasteiger charge is -2.21. The number of rotatable bonds is 76. The van der Waals surface area contributed by atoms with Gasteiger partial charge in [-0.25, -0.2) is 9.13 Å². The molecule has 0 bridgehead atoms. The molecule has 0 fully saturated rings. The molecule has 0 aliphatic rings. The van der Waals surface area contributed by atoms with Gasteiger partial charge in [-0.05, 0) is 77.0 Å². The van der Waals surface area contributed by atoms with Crippen LogP contribution in [0, 0.1) is 0 Å². The minimum atomic E-state index is -4.97. The quantitative estimate of drug-likeness (QED) is 0.0169. The summed E-state index contributed by atoms with van der Waals surface area (Å²) >= 11 is 0. The maximum atomic E-state index is 13.1. The van der Waals surface area contributed by atoms with E-state index in [4.69, 9.17) is 37.0 Å². The summed E-state index contributed by atoms with van der Waals surface area (Å²) < 4.78 is 68.5. The molecule has 0 rings (SSSR count).